The van der Waals surface area contributed by atoms with E-state index < -0.39 is 0 Å². The summed E-state index contributed by atoms with van der Waals surface area (Å²) in [4.78, 5) is 0. The van der Waals surface area contributed by atoms with Crippen LogP contribution in [0.25, 0.3) is 0 Å². The van der Waals surface area contributed by atoms with Crippen LogP contribution >= 0.6 is 39.1 Å². The molecule has 0 amide bonds. The topological polar surface area (TPSA) is 52.0 Å². The zero-order valence-electron chi connectivity index (χ0n) is 10.7. The van der Waals surface area contributed by atoms with Crippen LogP contribution in [0.1, 0.15) is 11.1 Å². The summed E-state index contributed by atoms with van der Waals surface area (Å²) in [5.41, 5.74) is 14.5. The molecule has 0 aliphatic heterocycles. The second-order valence-corrected chi connectivity index (χ2v) is 5.80. The lowest BCUT2D eigenvalue weighted by molar-refractivity contribution is 1.45. The number of anilines is 2. The van der Waals surface area contributed by atoms with Crippen molar-refractivity contribution in [1.29, 1.82) is 0 Å². The predicted molar refractivity (Wildman–Crippen MR) is 88.9 cm³/mol. The average Bonchev–Trinajstić information content (AvgIpc) is 2.33. The molecule has 0 radical (unpaired) electrons. The fraction of sp³-hybridized carbons (Fsp3) is 0.143. The normalized spacial score (nSPS) is 9.74. The van der Waals surface area contributed by atoms with Gasteiger partial charge >= 0.3 is 0 Å². The van der Waals surface area contributed by atoms with Crippen molar-refractivity contribution < 1.29 is 0 Å². The van der Waals surface area contributed by atoms with Gasteiger partial charge in [-0.1, -0.05) is 29.3 Å². The van der Waals surface area contributed by atoms with E-state index in [1.54, 1.807) is 12.1 Å². The van der Waals surface area contributed by atoms with Gasteiger partial charge in [-0.2, -0.15) is 0 Å². The third-order valence-corrected chi connectivity index (χ3v) is 3.97. The number of halogens is 3. The van der Waals surface area contributed by atoms with Gasteiger partial charge in [0.15, 0.2) is 0 Å². The molecule has 0 saturated carbocycles. The fourth-order valence-corrected chi connectivity index (χ4v) is 2.09. The number of rotatable bonds is 0. The molecule has 2 rings (SSSR count). The van der Waals surface area contributed by atoms with Gasteiger partial charge < -0.3 is 11.5 Å². The molecule has 0 bridgehead atoms. The average molecular weight is 362 g/mol. The number of nitrogen functional groups attached to an aromatic ring is 2. The first-order valence-corrected chi connectivity index (χ1v) is 7.09. The highest BCUT2D eigenvalue weighted by Crippen LogP contribution is 2.26. The fourth-order valence-electron chi connectivity index (χ4n) is 1.27. The van der Waals surface area contributed by atoms with Crippen LogP contribution in [-0.4, -0.2) is 0 Å². The molecule has 2 nitrogen and oxygen atoms in total. The predicted octanol–water partition coefficient (Wildman–Crippen LogP) is 5.22. The maximum absolute atomic E-state index is 5.79. The largest absolute Gasteiger partial charge is 0.399 e. The van der Waals surface area contributed by atoms with E-state index in [1.807, 2.05) is 32.0 Å². The highest BCUT2D eigenvalue weighted by molar-refractivity contribution is 9.10. The van der Waals surface area contributed by atoms with Gasteiger partial charge in [0.05, 0.1) is 0 Å². The maximum atomic E-state index is 5.79. The van der Waals surface area contributed by atoms with E-state index in [0.717, 1.165) is 20.6 Å². The van der Waals surface area contributed by atoms with Crippen molar-refractivity contribution >= 4 is 50.5 Å². The van der Waals surface area contributed by atoms with Gasteiger partial charge in [0.25, 0.3) is 0 Å². The van der Waals surface area contributed by atoms with Crippen LogP contribution in [0.4, 0.5) is 11.4 Å². The van der Waals surface area contributed by atoms with Crippen LogP contribution in [0.5, 0.6) is 0 Å². The molecular formula is C14H15BrCl2N2. The zero-order valence-corrected chi connectivity index (χ0v) is 13.8. The molecule has 2 aromatic carbocycles. The quantitative estimate of drug-likeness (QED) is 0.631. The van der Waals surface area contributed by atoms with Crippen molar-refractivity contribution in [2.75, 3.05) is 11.5 Å². The molecule has 5 heteroatoms. The molecule has 0 fully saturated rings. The van der Waals surface area contributed by atoms with Crippen molar-refractivity contribution in [1.82, 2.24) is 0 Å². The van der Waals surface area contributed by atoms with E-state index in [0.29, 0.717) is 16.4 Å². The summed E-state index contributed by atoms with van der Waals surface area (Å²) in [6.45, 7) is 3.88. The maximum Gasteiger partial charge on any atom is 0.0473 e. The summed E-state index contributed by atoms with van der Waals surface area (Å²) in [6, 6.07) is 9.12. The molecule has 0 heterocycles. The van der Waals surface area contributed by atoms with Gasteiger partial charge in [-0.05, 0) is 65.2 Å². The van der Waals surface area contributed by atoms with Gasteiger partial charge in [0.2, 0.25) is 0 Å². The number of hydrogen-bond donors (Lipinski definition) is 2. The van der Waals surface area contributed by atoms with Gasteiger partial charge in [-0.3, -0.25) is 0 Å². The second-order valence-electron chi connectivity index (χ2n) is 4.13. The standard InChI is InChI=1S/C7H7BrClN.C7H8ClN/c1-4-2-5(8)7(10)3-6(4)9;1-5-2-3-6(9)4-7(5)8/h2-3H,10H2,1H3;2-4H,9H2,1H3. The van der Waals surface area contributed by atoms with E-state index >= 15 is 0 Å². The number of benzene rings is 2. The lowest BCUT2D eigenvalue weighted by Crippen LogP contribution is -1.87. The Labute approximate surface area is 131 Å². The third-order valence-electron chi connectivity index (χ3n) is 2.47. The first-order chi connectivity index (χ1) is 8.81. The molecule has 4 N–H and O–H groups in total. The second kappa shape index (κ2) is 7.04. The summed E-state index contributed by atoms with van der Waals surface area (Å²) < 4.78 is 0.898. The smallest absolute Gasteiger partial charge is 0.0473 e. The van der Waals surface area contributed by atoms with Crippen LogP contribution in [0.15, 0.2) is 34.8 Å². The molecule has 2 aromatic rings. The van der Waals surface area contributed by atoms with Gasteiger partial charge in [0, 0.05) is 25.9 Å². The Bertz CT molecular complexity index is 536. The van der Waals surface area contributed by atoms with Crippen molar-refractivity contribution in [3.05, 3.63) is 56.0 Å². The van der Waals surface area contributed by atoms with Crippen molar-refractivity contribution in [2.45, 2.75) is 13.8 Å². The minimum Gasteiger partial charge on any atom is -0.399 e. The first kappa shape index (κ1) is 16.2. The first-order valence-electron chi connectivity index (χ1n) is 5.54. The molecule has 0 aliphatic carbocycles. The SMILES string of the molecule is Cc1cc(Br)c(N)cc1Cl.Cc1ccc(N)cc1Cl. The molecule has 102 valence electrons. The van der Waals surface area contributed by atoms with Crippen molar-refractivity contribution in [2.24, 2.45) is 0 Å². The summed E-state index contributed by atoms with van der Waals surface area (Å²) in [6.07, 6.45) is 0. The Hall–Kier alpha value is -0.900. The zero-order chi connectivity index (χ0) is 14.6. The molecule has 0 unspecified atom stereocenters. The van der Waals surface area contributed by atoms with Crippen molar-refractivity contribution in [3.8, 4) is 0 Å². The van der Waals surface area contributed by atoms with Crippen LogP contribution in [0.3, 0.4) is 0 Å². The number of hydrogen-bond acceptors (Lipinski definition) is 2. The van der Waals surface area contributed by atoms with E-state index in [2.05, 4.69) is 15.9 Å². The molecule has 0 spiro atoms. The highest BCUT2D eigenvalue weighted by atomic mass is 79.9. The number of aryl methyl sites for hydroxylation is 2. The van der Waals surface area contributed by atoms with E-state index in [9.17, 15) is 0 Å². The molecule has 0 atom stereocenters. The van der Waals surface area contributed by atoms with Crippen LogP contribution < -0.4 is 11.5 Å². The van der Waals surface area contributed by atoms with Gasteiger partial charge in [-0.15, -0.1) is 0 Å². The minimum atomic E-state index is 0.676. The van der Waals surface area contributed by atoms with E-state index in [-0.39, 0.29) is 0 Å². The monoisotopic (exact) mass is 360 g/mol. The van der Waals surface area contributed by atoms with Gasteiger partial charge in [0.1, 0.15) is 0 Å². The summed E-state index contributed by atoms with van der Waals surface area (Å²) in [5, 5.41) is 1.44. The Morgan fingerprint density at radius 2 is 1.47 bits per heavy atom. The molecule has 0 saturated heterocycles. The Balaban J connectivity index is 0.000000191. The Kier molecular flexibility index (Phi) is 5.98. The molecule has 19 heavy (non-hydrogen) atoms. The Morgan fingerprint density at radius 3 is 1.95 bits per heavy atom. The summed E-state index contributed by atoms with van der Waals surface area (Å²) in [5.74, 6) is 0. The molecule has 0 aliphatic rings. The van der Waals surface area contributed by atoms with Crippen molar-refractivity contribution in [3.63, 3.8) is 0 Å². The summed E-state index contributed by atoms with van der Waals surface area (Å²) in [7, 11) is 0. The van der Waals surface area contributed by atoms with Crippen LogP contribution in [-0.2, 0) is 0 Å². The third kappa shape index (κ3) is 4.94. The molecular weight excluding hydrogens is 347 g/mol. The van der Waals surface area contributed by atoms with Crippen LogP contribution in [0.2, 0.25) is 10.0 Å². The van der Waals surface area contributed by atoms with E-state index in [4.69, 9.17) is 34.7 Å². The minimum absolute atomic E-state index is 0.676. The van der Waals surface area contributed by atoms with E-state index in [1.165, 1.54) is 0 Å². The highest BCUT2D eigenvalue weighted by Gasteiger charge is 1.99. The molecule has 0 aromatic heterocycles. The Morgan fingerprint density at radius 1 is 0.895 bits per heavy atom. The summed E-state index contributed by atoms with van der Waals surface area (Å²) >= 11 is 14.8. The lowest BCUT2D eigenvalue weighted by atomic mass is 10.2. The number of nitrogens with two attached hydrogens (primary N) is 2. The lowest BCUT2D eigenvalue weighted by Gasteiger charge is -2.01. The van der Waals surface area contributed by atoms with Gasteiger partial charge in [-0.25, -0.2) is 0 Å². The van der Waals surface area contributed by atoms with Crippen LogP contribution in [0, 0.1) is 13.8 Å².